The van der Waals surface area contributed by atoms with Crippen molar-refractivity contribution in [3.8, 4) is 11.8 Å². The van der Waals surface area contributed by atoms with Crippen LogP contribution in [0.4, 0.5) is 4.39 Å². The van der Waals surface area contributed by atoms with E-state index in [9.17, 15) is 19.1 Å². The Morgan fingerprint density at radius 3 is 2.40 bits per heavy atom. The average Bonchev–Trinajstić information content (AvgIpc) is 2.87. The number of carbonyl (C=O) groups excluding carboxylic acids is 2. The summed E-state index contributed by atoms with van der Waals surface area (Å²) in [7, 11) is 0. The van der Waals surface area contributed by atoms with E-state index in [0.29, 0.717) is 11.1 Å². The smallest absolute Gasteiger partial charge is 0.268 e. The van der Waals surface area contributed by atoms with Crippen LogP contribution < -0.4 is 10.8 Å². The van der Waals surface area contributed by atoms with Crippen LogP contribution in [0.1, 0.15) is 34.0 Å². The van der Waals surface area contributed by atoms with Gasteiger partial charge in [-0.3, -0.25) is 19.7 Å². The largest absolute Gasteiger partial charge is 0.391 e. The van der Waals surface area contributed by atoms with Gasteiger partial charge in [-0.05, 0) is 54.3 Å². The molecule has 3 rings (SSSR count). The summed E-state index contributed by atoms with van der Waals surface area (Å²) in [6.07, 6.45) is 0.141. The molecular formula is C26H28FN3O5. The zero-order valence-electron chi connectivity index (χ0n) is 19.3. The summed E-state index contributed by atoms with van der Waals surface area (Å²) in [4.78, 5) is 26.2. The van der Waals surface area contributed by atoms with E-state index in [4.69, 9.17) is 9.94 Å². The first-order valence-electron chi connectivity index (χ1n) is 11.2. The molecule has 2 aromatic rings. The zero-order chi connectivity index (χ0) is 25.2. The van der Waals surface area contributed by atoms with E-state index in [1.54, 1.807) is 12.1 Å². The van der Waals surface area contributed by atoms with E-state index in [-0.39, 0.29) is 5.56 Å². The lowest BCUT2D eigenvalue weighted by Crippen LogP contribution is -2.51. The molecule has 2 aromatic carbocycles. The standard InChI is InChI=1S/C26H28FN3O5/c1-18(31)24(26(33)29-34)28-25(32)22-9-6-19(7-10-22)8-11-23(27)16-20-2-4-21(5-3-20)17-30-12-14-35-15-13-30/h2-7,9-10,16,18,24,31,34H,12-15,17H2,1H3,(H,28,32)(H,29,33)/b23-16+/t18-,24+/m1/s1. The first kappa shape index (κ1) is 26.1. The Balaban J connectivity index is 1.58. The number of halogens is 1. The Labute approximate surface area is 203 Å². The molecule has 184 valence electrons. The topological polar surface area (TPSA) is 111 Å². The third kappa shape index (κ3) is 8.02. The third-order valence-electron chi connectivity index (χ3n) is 5.42. The minimum absolute atomic E-state index is 0.208. The number of amides is 2. The van der Waals surface area contributed by atoms with Crippen LogP contribution in [0.2, 0.25) is 0 Å². The molecule has 1 saturated heterocycles. The summed E-state index contributed by atoms with van der Waals surface area (Å²) >= 11 is 0. The molecule has 2 atom stereocenters. The molecule has 0 radical (unpaired) electrons. The highest BCUT2D eigenvalue weighted by molar-refractivity contribution is 5.97. The number of rotatable bonds is 7. The number of morpholine rings is 1. The van der Waals surface area contributed by atoms with E-state index < -0.39 is 29.8 Å². The molecule has 0 bridgehead atoms. The van der Waals surface area contributed by atoms with Gasteiger partial charge in [-0.1, -0.05) is 30.2 Å². The number of allylic oxidation sites excluding steroid dienone is 1. The number of hydrogen-bond donors (Lipinski definition) is 4. The van der Waals surface area contributed by atoms with Crippen LogP contribution >= 0.6 is 0 Å². The van der Waals surface area contributed by atoms with Crippen LogP contribution in [-0.2, 0) is 16.1 Å². The van der Waals surface area contributed by atoms with E-state index >= 15 is 0 Å². The SMILES string of the molecule is C[C@@H](O)[C@H](NC(=O)c1ccc(C#C/C(F)=C\c2ccc(CN3CCOCC3)cc2)cc1)C(=O)NO. The van der Waals surface area contributed by atoms with Crippen molar-refractivity contribution in [2.45, 2.75) is 25.6 Å². The fraction of sp³-hybridized carbons (Fsp3) is 0.308. The van der Waals surface area contributed by atoms with Crippen molar-refractivity contribution >= 4 is 17.9 Å². The van der Waals surface area contributed by atoms with Gasteiger partial charge in [-0.2, -0.15) is 4.39 Å². The molecule has 1 heterocycles. The van der Waals surface area contributed by atoms with Crippen molar-refractivity contribution in [1.82, 2.24) is 15.7 Å². The number of aliphatic hydroxyl groups excluding tert-OH is 1. The molecule has 8 nitrogen and oxygen atoms in total. The Morgan fingerprint density at radius 2 is 1.80 bits per heavy atom. The van der Waals surface area contributed by atoms with Crippen LogP contribution in [0.25, 0.3) is 6.08 Å². The molecule has 1 fully saturated rings. The molecule has 0 aliphatic carbocycles. The molecule has 2 amide bonds. The van der Waals surface area contributed by atoms with Crippen molar-refractivity contribution in [2.75, 3.05) is 26.3 Å². The average molecular weight is 482 g/mol. The molecule has 4 N–H and O–H groups in total. The van der Waals surface area contributed by atoms with Gasteiger partial charge in [0.15, 0.2) is 5.83 Å². The number of aliphatic hydroxyl groups is 1. The molecule has 1 aliphatic heterocycles. The van der Waals surface area contributed by atoms with E-state index in [1.807, 2.05) is 24.3 Å². The van der Waals surface area contributed by atoms with Gasteiger partial charge in [0.05, 0.1) is 19.3 Å². The van der Waals surface area contributed by atoms with Crippen molar-refractivity contribution in [3.05, 3.63) is 76.6 Å². The van der Waals surface area contributed by atoms with Crippen LogP contribution in [0.15, 0.2) is 54.4 Å². The maximum atomic E-state index is 14.3. The Bertz CT molecular complexity index is 1100. The zero-order valence-corrected chi connectivity index (χ0v) is 19.3. The second-order valence-electron chi connectivity index (χ2n) is 8.12. The third-order valence-corrected chi connectivity index (χ3v) is 5.42. The number of nitrogens with one attached hydrogen (secondary N) is 2. The predicted octanol–water partition coefficient (Wildman–Crippen LogP) is 1.87. The summed E-state index contributed by atoms with van der Waals surface area (Å²) < 4.78 is 19.7. The van der Waals surface area contributed by atoms with Gasteiger partial charge < -0.3 is 15.2 Å². The maximum Gasteiger partial charge on any atom is 0.268 e. The molecule has 35 heavy (non-hydrogen) atoms. The summed E-state index contributed by atoms with van der Waals surface area (Å²) in [6, 6.07) is 12.3. The fourth-order valence-corrected chi connectivity index (χ4v) is 3.46. The summed E-state index contributed by atoms with van der Waals surface area (Å²) in [5.41, 5.74) is 3.95. The van der Waals surface area contributed by atoms with E-state index in [0.717, 1.165) is 38.4 Å². The molecular weight excluding hydrogens is 453 g/mol. The Hall–Kier alpha value is -3.55. The highest BCUT2D eigenvalue weighted by Gasteiger charge is 2.25. The molecule has 1 aliphatic rings. The number of hydroxylamine groups is 1. The number of hydrogen-bond acceptors (Lipinski definition) is 6. The second-order valence-corrected chi connectivity index (χ2v) is 8.12. The van der Waals surface area contributed by atoms with Gasteiger partial charge in [0.1, 0.15) is 6.04 Å². The van der Waals surface area contributed by atoms with Crippen LogP contribution in [0, 0.1) is 11.8 Å². The van der Waals surface area contributed by atoms with Gasteiger partial charge >= 0.3 is 0 Å². The number of nitrogens with zero attached hydrogens (tertiary/aromatic N) is 1. The van der Waals surface area contributed by atoms with Crippen LogP contribution in [0.5, 0.6) is 0 Å². The normalized spacial score (nSPS) is 15.9. The van der Waals surface area contributed by atoms with E-state index in [1.165, 1.54) is 30.6 Å². The first-order chi connectivity index (χ1) is 16.9. The Kier molecular flexibility index (Phi) is 9.52. The van der Waals surface area contributed by atoms with Gasteiger partial charge in [-0.15, -0.1) is 0 Å². The summed E-state index contributed by atoms with van der Waals surface area (Å²) in [6.45, 7) is 5.43. The number of benzene rings is 2. The van der Waals surface area contributed by atoms with Crippen molar-refractivity contribution in [1.29, 1.82) is 0 Å². The molecule has 0 spiro atoms. The molecule has 0 aromatic heterocycles. The lowest BCUT2D eigenvalue weighted by atomic mass is 10.1. The lowest BCUT2D eigenvalue weighted by Gasteiger charge is -2.26. The van der Waals surface area contributed by atoms with Crippen molar-refractivity contribution < 1.29 is 29.0 Å². The van der Waals surface area contributed by atoms with Crippen molar-refractivity contribution in [2.24, 2.45) is 0 Å². The maximum absolute atomic E-state index is 14.3. The Morgan fingerprint density at radius 1 is 1.14 bits per heavy atom. The van der Waals surface area contributed by atoms with E-state index in [2.05, 4.69) is 22.1 Å². The van der Waals surface area contributed by atoms with Gasteiger partial charge in [-0.25, -0.2) is 5.48 Å². The highest BCUT2D eigenvalue weighted by atomic mass is 19.1. The highest BCUT2D eigenvalue weighted by Crippen LogP contribution is 2.13. The molecule has 9 heteroatoms. The first-order valence-corrected chi connectivity index (χ1v) is 11.2. The summed E-state index contributed by atoms with van der Waals surface area (Å²) in [5.74, 6) is 3.00. The van der Waals surface area contributed by atoms with Crippen molar-refractivity contribution in [3.63, 3.8) is 0 Å². The van der Waals surface area contributed by atoms with Crippen LogP contribution in [-0.4, -0.2) is 65.5 Å². The fourth-order valence-electron chi connectivity index (χ4n) is 3.46. The van der Waals surface area contributed by atoms with Gasteiger partial charge in [0.25, 0.3) is 11.8 Å². The number of carbonyl (C=O) groups is 2. The second kappa shape index (κ2) is 12.8. The molecule has 0 saturated carbocycles. The minimum Gasteiger partial charge on any atom is -0.391 e. The summed E-state index contributed by atoms with van der Waals surface area (Å²) in [5, 5.41) is 20.7. The van der Waals surface area contributed by atoms with Crippen LogP contribution in [0.3, 0.4) is 0 Å². The number of ether oxygens (including phenoxy) is 1. The van der Waals surface area contributed by atoms with Gasteiger partial charge in [0.2, 0.25) is 0 Å². The quantitative estimate of drug-likeness (QED) is 0.273. The van der Waals surface area contributed by atoms with Gasteiger partial charge in [0, 0.05) is 30.8 Å². The minimum atomic E-state index is -1.32. The predicted molar refractivity (Wildman–Crippen MR) is 128 cm³/mol. The monoisotopic (exact) mass is 481 g/mol. The lowest BCUT2D eigenvalue weighted by molar-refractivity contribution is -0.133. The molecule has 0 unspecified atom stereocenters.